The predicted molar refractivity (Wildman–Crippen MR) is 111 cm³/mol. The molecule has 0 saturated carbocycles. The monoisotopic (exact) mass is 479 g/mol. The minimum Gasteiger partial charge on any atom is -0.364 e. The number of rotatable bonds is 5. The molecule has 0 aliphatic carbocycles. The maximum atomic E-state index is 12.1. The largest absolute Gasteiger partial charge is 0.364 e. The number of primary amides is 2. The van der Waals surface area contributed by atoms with Crippen LogP contribution >= 0.6 is 0 Å². The van der Waals surface area contributed by atoms with Crippen LogP contribution in [0.15, 0.2) is 28.4 Å². The number of carbonyl (C=O) groups excluding carboxylic acids is 2. The highest BCUT2D eigenvalue weighted by Crippen LogP contribution is 2.02. The molecule has 5 aromatic rings. The Morgan fingerprint density at radius 3 is 1.97 bits per heavy atom. The maximum Gasteiger partial charge on any atom is 0.353 e. The molecule has 176 valence electrons. The molecule has 0 aliphatic rings. The average Bonchev–Trinajstić information content (AvgIpc) is 3.57. The lowest BCUT2D eigenvalue weighted by Crippen LogP contribution is -2.30. The van der Waals surface area contributed by atoms with E-state index < -0.39 is 23.2 Å². The normalized spacial score (nSPS) is 10.6. The lowest BCUT2D eigenvalue weighted by molar-refractivity contribution is 0.0989. The van der Waals surface area contributed by atoms with E-state index >= 15 is 0 Å². The summed E-state index contributed by atoms with van der Waals surface area (Å²) in [4.78, 5) is 53.2. The topological polar surface area (TPSA) is 258 Å². The van der Waals surface area contributed by atoms with Crippen LogP contribution in [0.3, 0.4) is 0 Å². The Balaban J connectivity index is 0.000000168. The SMILES string of the molecule is C#CCn1nnc2c(C(N)=O)ncn2c1=O.NC(=O)c1ncn2c(=O)n(Cc3cn[nH]n3)nnc12. The molecule has 5 rings (SSSR count). The number of terminal acetylenes is 1. The fourth-order valence-electron chi connectivity index (χ4n) is 2.76. The Bertz CT molecular complexity index is 1720. The van der Waals surface area contributed by atoms with Gasteiger partial charge >= 0.3 is 11.4 Å². The number of nitrogens with two attached hydrogens (primary N) is 2. The highest BCUT2D eigenvalue weighted by atomic mass is 16.2. The lowest BCUT2D eigenvalue weighted by Gasteiger charge is -2.00. The van der Waals surface area contributed by atoms with E-state index in [1.165, 1.54) is 12.5 Å². The number of aromatic amines is 1. The summed E-state index contributed by atoms with van der Waals surface area (Å²) in [5, 5.41) is 24.5. The minimum atomic E-state index is -0.773. The molecule has 19 nitrogen and oxygen atoms in total. The highest BCUT2D eigenvalue weighted by Gasteiger charge is 2.16. The number of fused-ring (bicyclic) bond motifs is 2. The lowest BCUT2D eigenvalue weighted by atomic mass is 10.4. The van der Waals surface area contributed by atoms with Crippen molar-refractivity contribution in [2.45, 2.75) is 13.1 Å². The third kappa shape index (κ3) is 4.16. The highest BCUT2D eigenvalue weighted by molar-refractivity contribution is 5.97. The molecule has 0 unspecified atom stereocenters. The molecule has 2 amide bonds. The molecule has 5 aromatic heterocycles. The van der Waals surface area contributed by atoms with Crippen LogP contribution in [-0.4, -0.2) is 76.0 Å². The quantitative estimate of drug-likeness (QED) is 0.202. The molecule has 5 N–H and O–H groups in total. The first-order chi connectivity index (χ1) is 16.8. The van der Waals surface area contributed by atoms with Gasteiger partial charge in [-0.25, -0.2) is 28.4 Å². The molecular formula is C16H13N15O4. The van der Waals surface area contributed by atoms with Crippen molar-refractivity contribution < 1.29 is 9.59 Å². The van der Waals surface area contributed by atoms with Crippen molar-refractivity contribution >= 4 is 23.1 Å². The first-order valence-electron chi connectivity index (χ1n) is 9.31. The number of nitrogens with one attached hydrogen (secondary N) is 1. The summed E-state index contributed by atoms with van der Waals surface area (Å²) in [6.07, 6.45) is 8.83. The number of hydrogen-bond donors (Lipinski definition) is 3. The van der Waals surface area contributed by atoms with Gasteiger partial charge in [0.2, 0.25) is 0 Å². The molecule has 0 radical (unpaired) electrons. The molecule has 19 heteroatoms. The summed E-state index contributed by atoms with van der Waals surface area (Å²) in [5.41, 5.74) is 9.49. The van der Waals surface area contributed by atoms with Gasteiger partial charge < -0.3 is 11.5 Å². The molecule has 35 heavy (non-hydrogen) atoms. The number of nitrogens with zero attached hydrogens (tertiary/aromatic N) is 12. The van der Waals surface area contributed by atoms with Crippen LogP contribution in [0.1, 0.15) is 26.7 Å². The number of H-pyrrole nitrogens is 1. The molecule has 5 heterocycles. The minimum absolute atomic E-state index is 0.00808. The van der Waals surface area contributed by atoms with Crippen LogP contribution in [0.5, 0.6) is 0 Å². The van der Waals surface area contributed by atoms with E-state index in [2.05, 4.69) is 51.9 Å². The van der Waals surface area contributed by atoms with Crippen LogP contribution in [0, 0.1) is 12.3 Å². The van der Waals surface area contributed by atoms with Crippen LogP contribution in [0.2, 0.25) is 0 Å². The summed E-state index contributed by atoms with van der Waals surface area (Å²) in [6.45, 7) is 0.0915. The van der Waals surface area contributed by atoms with Crippen LogP contribution in [0.4, 0.5) is 0 Å². The van der Waals surface area contributed by atoms with Gasteiger partial charge in [0.05, 0.1) is 12.7 Å². The fraction of sp³-hybridized carbons (Fsp3) is 0.125. The second kappa shape index (κ2) is 8.98. The van der Waals surface area contributed by atoms with Crippen molar-refractivity contribution in [3.63, 3.8) is 0 Å². The van der Waals surface area contributed by atoms with Crippen molar-refractivity contribution in [2.24, 2.45) is 11.5 Å². The third-order valence-corrected chi connectivity index (χ3v) is 4.32. The van der Waals surface area contributed by atoms with Gasteiger partial charge in [0.1, 0.15) is 24.9 Å². The van der Waals surface area contributed by atoms with Crippen molar-refractivity contribution in [1.82, 2.24) is 64.2 Å². The second-order valence-electron chi connectivity index (χ2n) is 6.53. The standard InChI is InChI=1S/C8H7N9O2.C8H6N6O2/c9-6(18)5-7-13-15-17(2-4-1-11-14-12-4)8(19)16(7)3-10-5;1-2-3-14-8(16)13-4-10-5(6(9)15)7(13)11-12-14/h1,3H,2H2,(H2,9,18)(H,11,12,14);1,4H,3H2,(H2,9,15). The number of amides is 2. The van der Waals surface area contributed by atoms with Crippen LogP contribution in [-0.2, 0) is 13.1 Å². The predicted octanol–water partition coefficient (Wildman–Crippen LogP) is -4.43. The van der Waals surface area contributed by atoms with Gasteiger partial charge in [0, 0.05) is 0 Å². The molecule has 0 spiro atoms. The Morgan fingerprint density at radius 1 is 0.943 bits per heavy atom. The zero-order valence-corrected chi connectivity index (χ0v) is 17.4. The number of carbonyl (C=O) groups is 2. The summed E-state index contributed by atoms with van der Waals surface area (Å²) >= 11 is 0. The summed E-state index contributed by atoms with van der Waals surface area (Å²) < 4.78 is 4.19. The molecule has 0 aromatic carbocycles. The Kier molecular flexibility index (Phi) is 5.75. The van der Waals surface area contributed by atoms with E-state index in [0.717, 1.165) is 24.5 Å². The zero-order chi connectivity index (χ0) is 25.1. The van der Waals surface area contributed by atoms with E-state index in [0.29, 0.717) is 5.69 Å². The fourth-order valence-corrected chi connectivity index (χ4v) is 2.76. The van der Waals surface area contributed by atoms with Gasteiger partial charge in [0.15, 0.2) is 22.7 Å². The molecule has 0 atom stereocenters. The van der Waals surface area contributed by atoms with E-state index in [1.807, 2.05) is 0 Å². The van der Waals surface area contributed by atoms with Gasteiger partial charge in [-0.15, -0.1) is 16.6 Å². The number of aromatic nitrogens is 13. The third-order valence-electron chi connectivity index (χ3n) is 4.32. The maximum absolute atomic E-state index is 12.1. The molecule has 0 fully saturated rings. The average molecular weight is 479 g/mol. The molecule has 0 saturated heterocycles. The van der Waals surface area contributed by atoms with E-state index in [-0.39, 0.29) is 35.8 Å². The Labute approximate surface area is 191 Å². The van der Waals surface area contributed by atoms with Gasteiger partial charge in [0.25, 0.3) is 11.8 Å². The van der Waals surface area contributed by atoms with Gasteiger partial charge in [-0.2, -0.15) is 24.8 Å². The van der Waals surface area contributed by atoms with E-state index in [9.17, 15) is 19.2 Å². The van der Waals surface area contributed by atoms with Gasteiger partial charge in [-0.1, -0.05) is 16.3 Å². The zero-order valence-electron chi connectivity index (χ0n) is 17.4. The summed E-state index contributed by atoms with van der Waals surface area (Å²) in [5.74, 6) is 0.709. The molecule has 0 bridgehead atoms. The second-order valence-corrected chi connectivity index (χ2v) is 6.53. The summed E-state index contributed by atoms with van der Waals surface area (Å²) in [7, 11) is 0. The van der Waals surface area contributed by atoms with Crippen molar-refractivity contribution in [3.05, 3.63) is 56.9 Å². The smallest absolute Gasteiger partial charge is 0.353 e. The molecular weight excluding hydrogens is 466 g/mol. The summed E-state index contributed by atoms with van der Waals surface area (Å²) in [6, 6.07) is 0. The van der Waals surface area contributed by atoms with Crippen LogP contribution < -0.4 is 22.8 Å². The number of hydrogen-bond acceptors (Lipinski definition) is 12. The first kappa shape index (κ1) is 22.4. The van der Waals surface area contributed by atoms with Crippen LogP contribution in [0.25, 0.3) is 11.3 Å². The van der Waals surface area contributed by atoms with Crippen molar-refractivity contribution in [2.75, 3.05) is 0 Å². The van der Waals surface area contributed by atoms with Gasteiger partial charge in [-0.3, -0.25) is 9.59 Å². The first-order valence-corrected chi connectivity index (χ1v) is 9.31. The van der Waals surface area contributed by atoms with Crippen molar-refractivity contribution in [1.29, 1.82) is 0 Å². The number of imidazole rings is 2. The molecule has 0 aliphatic heterocycles. The Morgan fingerprint density at radius 2 is 1.49 bits per heavy atom. The Hall–Kier alpha value is -5.80. The van der Waals surface area contributed by atoms with E-state index in [1.54, 1.807) is 0 Å². The van der Waals surface area contributed by atoms with Gasteiger partial charge in [-0.05, 0) is 0 Å². The van der Waals surface area contributed by atoms with Crippen molar-refractivity contribution in [3.8, 4) is 12.3 Å². The van der Waals surface area contributed by atoms with E-state index in [4.69, 9.17) is 17.9 Å².